The van der Waals surface area contributed by atoms with Gasteiger partial charge in [-0.05, 0) is 79.0 Å². The minimum absolute atomic E-state index is 0.521. The van der Waals surface area contributed by atoms with E-state index in [-0.39, 0.29) is 0 Å². The number of furan rings is 1. The maximum atomic E-state index is 6.48. The van der Waals surface area contributed by atoms with E-state index < -0.39 is 0 Å². The van der Waals surface area contributed by atoms with Crippen molar-refractivity contribution in [3.63, 3.8) is 0 Å². The highest BCUT2D eigenvalue weighted by atomic mass is 16.3. The third-order valence-electron chi connectivity index (χ3n) is 10.8. The van der Waals surface area contributed by atoms with E-state index in [1.807, 2.05) is 36.4 Å². The molecule has 0 fully saturated rings. The van der Waals surface area contributed by atoms with Crippen molar-refractivity contribution < 1.29 is 4.42 Å². The van der Waals surface area contributed by atoms with Crippen LogP contribution in [0.25, 0.3) is 100.0 Å². The van der Waals surface area contributed by atoms with Crippen molar-refractivity contribution >= 4 is 32.7 Å². The van der Waals surface area contributed by atoms with E-state index in [1.165, 1.54) is 44.2 Å². The van der Waals surface area contributed by atoms with Crippen LogP contribution in [-0.2, 0) is 6.42 Å². The van der Waals surface area contributed by atoms with E-state index in [9.17, 15) is 0 Å². The minimum Gasteiger partial charge on any atom is -0.456 e. The third kappa shape index (κ3) is 4.96. The molecule has 11 rings (SSSR count). The van der Waals surface area contributed by atoms with E-state index in [4.69, 9.17) is 19.4 Å². The van der Waals surface area contributed by atoms with Crippen molar-refractivity contribution in [2.45, 2.75) is 6.42 Å². The smallest absolute Gasteiger partial charge is 0.163 e. The van der Waals surface area contributed by atoms with Crippen LogP contribution >= 0.6 is 0 Å². The van der Waals surface area contributed by atoms with Crippen molar-refractivity contribution in [3.05, 3.63) is 187 Å². The van der Waals surface area contributed by atoms with Gasteiger partial charge >= 0.3 is 0 Å². The second-order valence-electron chi connectivity index (χ2n) is 13.9. The molecule has 10 aromatic rings. The molecule has 0 N–H and O–H groups in total. The number of fused-ring (bicyclic) bond motifs is 6. The predicted molar refractivity (Wildman–Crippen MR) is 220 cm³/mol. The Morgan fingerprint density at radius 2 is 0.926 bits per heavy atom. The number of benzene rings is 8. The van der Waals surface area contributed by atoms with Gasteiger partial charge in [-0.2, -0.15) is 0 Å². The third-order valence-corrected chi connectivity index (χ3v) is 10.8. The van der Waals surface area contributed by atoms with Crippen LogP contribution in [0.15, 0.2) is 180 Å². The molecule has 252 valence electrons. The standard InChI is InChI=1S/C50H31N3O/c1-3-11-31(12-4-1)32-21-23-34(24-22-32)50-52-46(51-49(53-50)33-13-5-2-6-14-33)30-36-15-9-20-45-47(36)43-29-35(25-28-44(43)54-45)37-26-27-42-39-17-8-7-16-38(39)41-19-10-18-40(37)48(41)42/h1-29H,30H2. The van der Waals surface area contributed by atoms with Crippen molar-refractivity contribution in [2.75, 3.05) is 0 Å². The minimum atomic E-state index is 0.521. The van der Waals surface area contributed by atoms with Gasteiger partial charge < -0.3 is 4.42 Å². The number of nitrogens with zero attached hydrogens (tertiary/aromatic N) is 3. The molecule has 54 heavy (non-hydrogen) atoms. The lowest BCUT2D eigenvalue weighted by Crippen LogP contribution is -2.04. The molecule has 0 aliphatic heterocycles. The topological polar surface area (TPSA) is 51.8 Å². The predicted octanol–water partition coefficient (Wildman–Crippen LogP) is 12.8. The highest BCUT2D eigenvalue weighted by Crippen LogP contribution is 2.49. The van der Waals surface area contributed by atoms with Gasteiger partial charge in [0.05, 0.1) is 0 Å². The average molecular weight is 690 g/mol. The van der Waals surface area contributed by atoms with Gasteiger partial charge in [-0.15, -0.1) is 0 Å². The van der Waals surface area contributed by atoms with Crippen LogP contribution < -0.4 is 0 Å². The summed E-state index contributed by atoms with van der Waals surface area (Å²) >= 11 is 0. The molecular formula is C50H31N3O. The molecule has 1 aliphatic rings. The van der Waals surface area contributed by atoms with Gasteiger partial charge in [0.25, 0.3) is 0 Å². The first kappa shape index (κ1) is 30.5. The average Bonchev–Trinajstić information content (AvgIpc) is 3.78. The van der Waals surface area contributed by atoms with Crippen LogP contribution in [0.1, 0.15) is 11.4 Å². The first-order valence-electron chi connectivity index (χ1n) is 18.3. The molecule has 4 heteroatoms. The fourth-order valence-electron chi connectivity index (χ4n) is 8.23. The first-order valence-corrected chi connectivity index (χ1v) is 18.3. The lowest BCUT2D eigenvalue weighted by atomic mass is 9.93. The highest BCUT2D eigenvalue weighted by molar-refractivity contribution is 6.19. The molecule has 0 saturated carbocycles. The summed E-state index contributed by atoms with van der Waals surface area (Å²) in [6.07, 6.45) is 0.521. The molecule has 2 heterocycles. The molecule has 0 bridgehead atoms. The Hall–Kier alpha value is -7.17. The van der Waals surface area contributed by atoms with Gasteiger partial charge in [-0.3, -0.25) is 0 Å². The van der Waals surface area contributed by atoms with Gasteiger partial charge in [0, 0.05) is 28.3 Å². The Morgan fingerprint density at radius 3 is 1.69 bits per heavy atom. The zero-order valence-corrected chi connectivity index (χ0v) is 29.2. The molecule has 8 aromatic carbocycles. The number of aromatic nitrogens is 3. The number of rotatable bonds is 6. The summed E-state index contributed by atoms with van der Waals surface area (Å²) in [7, 11) is 0. The first-order chi connectivity index (χ1) is 26.7. The summed E-state index contributed by atoms with van der Waals surface area (Å²) in [5.74, 6) is 2.01. The Morgan fingerprint density at radius 1 is 0.352 bits per heavy atom. The molecular weight excluding hydrogens is 659 g/mol. The van der Waals surface area contributed by atoms with Crippen LogP contribution in [0.3, 0.4) is 0 Å². The van der Waals surface area contributed by atoms with Crippen LogP contribution in [0.4, 0.5) is 0 Å². The van der Waals surface area contributed by atoms with Crippen molar-refractivity contribution in [1.29, 1.82) is 0 Å². The van der Waals surface area contributed by atoms with Crippen LogP contribution in [0, 0.1) is 0 Å². The normalized spacial score (nSPS) is 11.8. The van der Waals surface area contributed by atoms with E-state index in [2.05, 4.69) is 140 Å². The Bertz CT molecular complexity index is 3030. The molecule has 0 spiro atoms. The SMILES string of the molecule is c1ccc(-c2ccc(-c3nc(Cc4cccc5oc6ccc(-c7ccc8c9c(cccc79)-c7ccccc7-8)cc6c45)nc(-c4ccccc4)n3)cc2)cc1. The van der Waals surface area contributed by atoms with Gasteiger partial charge in [-0.25, -0.2) is 15.0 Å². The van der Waals surface area contributed by atoms with E-state index in [0.717, 1.165) is 49.8 Å². The van der Waals surface area contributed by atoms with Crippen LogP contribution in [0.2, 0.25) is 0 Å². The van der Waals surface area contributed by atoms with E-state index in [1.54, 1.807) is 0 Å². The van der Waals surface area contributed by atoms with Gasteiger partial charge in [0.15, 0.2) is 11.6 Å². The molecule has 0 amide bonds. The summed E-state index contributed by atoms with van der Waals surface area (Å²) in [4.78, 5) is 15.1. The van der Waals surface area contributed by atoms with E-state index in [0.29, 0.717) is 23.9 Å². The molecule has 0 atom stereocenters. The zero-order valence-electron chi connectivity index (χ0n) is 29.2. The maximum absolute atomic E-state index is 6.48. The summed E-state index contributed by atoms with van der Waals surface area (Å²) < 4.78 is 6.48. The van der Waals surface area contributed by atoms with Gasteiger partial charge in [-0.1, -0.05) is 158 Å². The monoisotopic (exact) mass is 689 g/mol. The Balaban J connectivity index is 1.02. The molecule has 0 unspecified atom stereocenters. The molecule has 0 radical (unpaired) electrons. The second-order valence-corrected chi connectivity index (χ2v) is 13.9. The fourth-order valence-corrected chi connectivity index (χ4v) is 8.23. The van der Waals surface area contributed by atoms with Gasteiger partial charge in [0.1, 0.15) is 17.0 Å². The molecule has 1 aliphatic carbocycles. The van der Waals surface area contributed by atoms with Crippen LogP contribution in [0.5, 0.6) is 0 Å². The second kappa shape index (κ2) is 12.2. The zero-order chi connectivity index (χ0) is 35.6. The largest absolute Gasteiger partial charge is 0.456 e. The number of hydrogen-bond donors (Lipinski definition) is 0. The van der Waals surface area contributed by atoms with E-state index >= 15 is 0 Å². The molecule has 2 aromatic heterocycles. The van der Waals surface area contributed by atoms with Crippen molar-refractivity contribution in [1.82, 2.24) is 15.0 Å². The molecule has 0 saturated heterocycles. The van der Waals surface area contributed by atoms with Crippen molar-refractivity contribution in [3.8, 4) is 67.3 Å². The summed E-state index contributed by atoms with van der Waals surface area (Å²) in [6, 6.07) is 61.8. The van der Waals surface area contributed by atoms with Crippen LogP contribution in [-0.4, -0.2) is 15.0 Å². The lowest BCUT2D eigenvalue weighted by Gasteiger charge is -2.11. The molecule has 4 nitrogen and oxygen atoms in total. The quantitative estimate of drug-likeness (QED) is 0.174. The summed E-state index contributed by atoms with van der Waals surface area (Å²) in [6.45, 7) is 0. The maximum Gasteiger partial charge on any atom is 0.163 e. The fraction of sp³-hybridized carbons (Fsp3) is 0.0200. The Labute approximate surface area is 312 Å². The lowest BCUT2D eigenvalue weighted by molar-refractivity contribution is 0.668. The summed E-state index contributed by atoms with van der Waals surface area (Å²) in [5, 5.41) is 4.75. The summed E-state index contributed by atoms with van der Waals surface area (Å²) in [5.41, 5.74) is 14.6. The highest BCUT2D eigenvalue weighted by Gasteiger charge is 2.23. The van der Waals surface area contributed by atoms with Gasteiger partial charge in [0.2, 0.25) is 0 Å². The Kier molecular flexibility index (Phi) is 6.89. The number of hydrogen-bond acceptors (Lipinski definition) is 4. The van der Waals surface area contributed by atoms with Crippen molar-refractivity contribution in [2.24, 2.45) is 0 Å².